The number of benzene rings is 1. The summed E-state index contributed by atoms with van der Waals surface area (Å²) >= 11 is 0. The van der Waals surface area contributed by atoms with E-state index in [9.17, 15) is 18.4 Å². The number of carbonyl (C=O) groups excluding carboxylic acids is 2. The molecule has 1 saturated carbocycles. The first kappa shape index (κ1) is 18.6. The highest BCUT2D eigenvalue weighted by Crippen LogP contribution is 2.30. The SMILES string of the molecule is Cl.NC1(C(=O)NC2CCN(c3c(F)cccc3F)C2=O)CCCC1. The fraction of sp³-hybridized carbons (Fsp3) is 0.500. The Morgan fingerprint density at radius 1 is 1.25 bits per heavy atom. The van der Waals surface area contributed by atoms with Gasteiger partial charge in [0.15, 0.2) is 0 Å². The van der Waals surface area contributed by atoms with Crippen molar-refractivity contribution in [3.05, 3.63) is 29.8 Å². The number of anilines is 1. The van der Waals surface area contributed by atoms with Gasteiger partial charge in [0.05, 0.1) is 5.54 Å². The van der Waals surface area contributed by atoms with Gasteiger partial charge in [0.2, 0.25) is 11.8 Å². The van der Waals surface area contributed by atoms with Crippen LogP contribution in [0.2, 0.25) is 0 Å². The molecule has 0 aromatic heterocycles. The normalized spacial score (nSPS) is 22.4. The van der Waals surface area contributed by atoms with E-state index < -0.39 is 29.1 Å². The van der Waals surface area contributed by atoms with Crippen LogP contribution in [0.5, 0.6) is 0 Å². The predicted octanol–water partition coefficient (Wildman–Crippen LogP) is 1.88. The highest BCUT2D eigenvalue weighted by atomic mass is 35.5. The molecular weight excluding hydrogens is 340 g/mol. The van der Waals surface area contributed by atoms with Crippen LogP contribution in [0.3, 0.4) is 0 Å². The lowest BCUT2D eigenvalue weighted by Crippen LogP contribution is -2.55. The van der Waals surface area contributed by atoms with Crippen molar-refractivity contribution in [3.63, 3.8) is 0 Å². The Kier molecular flexibility index (Phi) is 5.45. The molecule has 1 unspecified atom stereocenters. The second-order valence-corrected chi connectivity index (χ2v) is 6.24. The third-order valence-corrected chi connectivity index (χ3v) is 4.67. The molecule has 1 heterocycles. The monoisotopic (exact) mass is 359 g/mol. The molecule has 2 fully saturated rings. The van der Waals surface area contributed by atoms with Crippen LogP contribution >= 0.6 is 12.4 Å². The molecule has 1 saturated heterocycles. The summed E-state index contributed by atoms with van der Waals surface area (Å²) in [7, 11) is 0. The van der Waals surface area contributed by atoms with Crippen LogP contribution in [0.4, 0.5) is 14.5 Å². The largest absolute Gasteiger partial charge is 0.343 e. The lowest BCUT2D eigenvalue weighted by atomic mass is 9.97. The molecule has 2 amide bonds. The van der Waals surface area contributed by atoms with Crippen LogP contribution < -0.4 is 16.0 Å². The van der Waals surface area contributed by atoms with Crippen LogP contribution in [0, 0.1) is 11.6 Å². The second-order valence-electron chi connectivity index (χ2n) is 6.24. The number of halogens is 3. The molecule has 0 spiro atoms. The number of para-hydroxylation sites is 1. The molecule has 3 N–H and O–H groups in total. The van der Waals surface area contributed by atoms with E-state index in [0.717, 1.165) is 29.9 Å². The number of amides is 2. The fourth-order valence-corrected chi connectivity index (χ4v) is 3.32. The summed E-state index contributed by atoms with van der Waals surface area (Å²) < 4.78 is 27.7. The zero-order chi connectivity index (χ0) is 16.6. The van der Waals surface area contributed by atoms with E-state index in [1.165, 1.54) is 6.07 Å². The zero-order valence-electron chi connectivity index (χ0n) is 13.1. The smallest absolute Gasteiger partial charge is 0.249 e. The Bertz CT molecular complexity index is 630. The van der Waals surface area contributed by atoms with Gasteiger partial charge in [0, 0.05) is 6.54 Å². The molecule has 5 nitrogen and oxygen atoms in total. The third-order valence-electron chi connectivity index (χ3n) is 4.67. The zero-order valence-corrected chi connectivity index (χ0v) is 13.9. The van der Waals surface area contributed by atoms with Crippen molar-refractivity contribution in [2.24, 2.45) is 5.73 Å². The minimum Gasteiger partial charge on any atom is -0.343 e. The van der Waals surface area contributed by atoms with Gasteiger partial charge in [0.25, 0.3) is 0 Å². The summed E-state index contributed by atoms with van der Waals surface area (Å²) in [4.78, 5) is 25.7. The topological polar surface area (TPSA) is 75.4 Å². The molecule has 132 valence electrons. The van der Waals surface area contributed by atoms with E-state index in [1.807, 2.05) is 0 Å². The van der Waals surface area contributed by atoms with Crippen LogP contribution in [0.1, 0.15) is 32.1 Å². The van der Waals surface area contributed by atoms with Crippen LogP contribution in [0.15, 0.2) is 18.2 Å². The summed E-state index contributed by atoms with van der Waals surface area (Å²) in [6.07, 6.45) is 3.25. The Morgan fingerprint density at radius 2 is 1.83 bits per heavy atom. The van der Waals surface area contributed by atoms with E-state index in [2.05, 4.69) is 5.32 Å². The Morgan fingerprint density at radius 3 is 2.42 bits per heavy atom. The number of rotatable bonds is 3. The van der Waals surface area contributed by atoms with Gasteiger partial charge in [-0.05, 0) is 31.4 Å². The number of nitrogens with two attached hydrogens (primary N) is 1. The summed E-state index contributed by atoms with van der Waals surface area (Å²) in [6.45, 7) is 0.152. The average molecular weight is 360 g/mol. The molecule has 1 atom stereocenters. The van der Waals surface area contributed by atoms with E-state index in [4.69, 9.17) is 5.73 Å². The molecule has 1 aromatic carbocycles. The van der Waals surface area contributed by atoms with Crippen molar-refractivity contribution >= 4 is 29.9 Å². The fourth-order valence-electron chi connectivity index (χ4n) is 3.32. The van der Waals surface area contributed by atoms with Gasteiger partial charge >= 0.3 is 0 Å². The van der Waals surface area contributed by atoms with Crippen molar-refractivity contribution in [3.8, 4) is 0 Å². The van der Waals surface area contributed by atoms with Gasteiger partial charge in [0.1, 0.15) is 23.4 Å². The number of nitrogens with zero attached hydrogens (tertiary/aromatic N) is 1. The standard InChI is InChI=1S/C16H19F2N3O2.ClH/c17-10-4-3-5-11(18)13(10)21-9-6-12(14(21)22)20-15(23)16(19)7-1-2-8-16;/h3-5,12H,1-2,6-9,19H2,(H,20,23);1H. The highest BCUT2D eigenvalue weighted by Gasteiger charge is 2.42. The first-order valence-corrected chi connectivity index (χ1v) is 7.78. The van der Waals surface area contributed by atoms with Gasteiger partial charge in [-0.25, -0.2) is 8.78 Å². The van der Waals surface area contributed by atoms with Gasteiger partial charge in [-0.2, -0.15) is 0 Å². The summed E-state index contributed by atoms with van der Waals surface area (Å²) in [6, 6.07) is 2.66. The van der Waals surface area contributed by atoms with Crippen LogP contribution in [-0.4, -0.2) is 29.9 Å². The van der Waals surface area contributed by atoms with Crippen molar-refractivity contribution in [2.75, 3.05) is 11.4 Å². The Balaban J connectivity index is 0.00000208. The summed E-state index contributed by atoms with van der Waals surface area (Å²) in [5.74, 6) is -2.46. The van der Waals surface area contributed by atoms with E-state index >= 15 is 0 Å². The van der Waals surface area contributed by atoms with Crippen molar-refractivity contribution < 1.29 is 18.4 Å². The molecule has 24 heavy (non-hydrogen) atoms. The maximum atomic E-state index is 13.8. The Labute approximate surface area is 145 Å². The second kappa shape index (κ2) is 7.03. The molecule has 8 heteroatoms. The van der Waals surface area contributed by atoms with Gasteiger partial charge in [-0.3, -0.25) is 9.59 Å². The Hall–Kier alpha value is -1.73. The lowest BCUT2D eigenvalue weighted by molar-refractivity contribution is -0.130. The maximum Gasteiger partial charge on any atom is 0.249 e. The highest BCUT2D eigenvalue weighted by molar-refractivity contribution is 6.02. The molecule has 0 radical (unpaired) electrons. The van der Waals surface area contributed by atoms with Gasteiger partial charge in [-0.1, -0.05) is 18.9 Å². The first-order chi connectivity index (χ1) is 10.9. The lowest BCUT2D eigenvalue weighted by Gasteiger charge is -2.24. The number of hydrogen-bond donors (Lipinski definition) is 2. The summed E-state index contributed by atoms with van der Waals surface area (Å²) in [5, 5.41) is 2.65. The van der Waals surface area contributed by atoms with E-state index in [0.29, 0.717) is 19.3 Å². The number of nitrogens with one attached hydrogen (secondary N) is 1. The number of carbonyl (C=O) groups is 2. The maximum absolute atomic E-state index is 13.8. The summed E-state index contributed by atoms with van der Waals surface area (Å²) in [5.41, 5.74) is 4.77. The van der Waals surface area contributed by atoms with Crippen LogP contribution in [0.25, 0.3) is 0 Å². The van der Waals surface area contributed by atoms with Crippen molar-refractivity contribution in [1.82, 2.24) is 5.32 Å². The van der Waals surface area contributed by atoms with E-state index in [1.54, 1.807) is 0 Å². The molecule has 1 aliphatic heterocycles. The average Bonchev–Trinajstić information content (AvgIpc) is 3.09. The van der Waals surface area contributed by atoms with Gasteiger partial charge in [-0.15, -0.1) is 12.4 Å². The third kappa shape index (κ3) is 3.23. The first-order valence-electron chi connectivity index (χ1n) is 7.78. The molecule has 1 aromatic rings. The van der Waals surface area contributed by atoms with E-state index in [-0.39, 0.29) is 30.5 Å². The number of hydrogen-bond acceptors (Lipinski definition) is 3. The van der Waals surface area contributed by atoms with Crippen molar-refractivity contribution in [1.29, 1.82) is 0 Å². The molecular formula is C16H20ClF2N3O2. The van der Waals surface area contributed by atoms with Crippen molar-refractivity contribution in [2.45, 2.75) is 43.7 Å². The molecule has 2 aliphatic rings. The van der Waals surface area contributed by atoms with Crippen LogP contribution in [-0.2, 0) is 9.59 Å². The minimum atomic E-state index is -0.934. The molecule has 3 rings (SSSR count). The predicted molar refractivity (Wildman–Crippen MR) is 87.9 cm³/mol. The van der Waals surface area contributed by atoms with Gasteiger partial charge < -0.3 is 16.0 Å². The minimum absolute atomic E-state index is 0. The molecule has 0 bridgehead atoms. The quantitative estimate of drug-likeness (QED) is 0.865. The molecule has 1 aliphatic carbocycles.